The minimum Gasteiger partial charge on any atom is -0.444 e. The largest absolute Gasteiger partial charge is 0.444 e. The van der Waals surface area contributed by atoms with Crippen LogP contribution in [0.2, 0.25) is 0 Å². The summed E-state index contributed by atoms with van der Waals surface area (Å²) in [5, 5.41) is 0. The normalized spacial score (nSPS) is 20.5. The lowest BCUT2D eigenvalue weighted by Gasteiger charge is -2.14. The Balaban J connectivity index is 2.09. The first-order valence-corrected chi connectivity index (χ1v) is 5.17. The van der Waals surface area contributed by atoms with Crippen LogP contribution in [0.1, 0.15) is 18.1 Å². The lowest BCUT2D eigenvalue weighted by molar-refractivity contribution is 0.137. The Morgan fingerprint density at radius 2 is 2.20 bits per heavy atom. The van der Waals surface area contributed by atoms with Crippen LogP contribution in [-0.4, -0.2) is 23.6 Å². The summed E-state index contributed by atoms with van der Waals surface area (Å²) in [7, 11) is 0. The van der Waals surface area contributed by atoms with Gasteiger partial charge in [-0.15, -0.1) is 0 Å². The van der Waals surface area contributed by atoms with Gasteiger partial charge in [0, 0.05) is 6.54 Å². The Labute approximate surface area is 89.7 Å². The van der Waals surface area contributed by atoms with Crippen LogP contribution in [0.3, 0.4) is 0 Å². The van der Waals surface area contributed by atoms with E-state index < -0.39 is 0 Å². The van der Waals surface area contributed by atoms with Gasteiger partial charge in [-0.2, -0.15) is 0 Å². The summed E-state index contributed by atoms with van der Waals surface area (Å²) in [5.41, 5.74) is 2.40. The maximum Gasteiger partial charge on any atom is 0.410 e. The van der Waals surface area contributed by atoms with Crippen molar-refractivity contribution >= 4 is 6.09 Å². The second kappa shape index (κ2) is 3.93. The van der Waals surface area contributed by atoms with Crippen molar-refractivity contribution in [3.63, 3.8) is 0 Å². The highest BCUT2D eigenvalue weighted by atomic mass is 16.6. The van der Waals surface area contributed by atoms with Crippen LogP contribution in [0.15, 0.2) is 24.3 Å². The molecule has 1 saturated heterocycles. The molecule has 3 heteroatoms. The zero-order valence-electron chi connectivity index (χ0n) is 9.06. The fourth-order valence-corrected chi connectivity index (χ4v) is 1.79. The van der Waals surface area contributed by atoms with Gasteiger partial charge in [-0.3, -0.25) is 0 Å². The summed E-state index contributed by atoms with van der Waals surface area (Å²) in [6, 6.07) is 8.10. The quantitative estimate of drug-likeness (QED) is 0.741. The second-order valence-corrected chi connectivity index (χ2v) is 4.00. The number of aryl methyl sites for hydroxylation is 1. The molecule has 1 aromatic carbocycles. The van der Waals surface area contributed by atoms with Crippen LogP contribution in [0.4, 0.5) is 4.79 Å². The summed E-state index contributed by atoms with van der Waals surface area (Å²) in [5.74, 6) is 0. The number of carbonyl (C=O) groups excluding carboxylic acids is 1. The monoisotopic (exact) mass is 205 g/mol. The molecule has 0 saturated carbocycles. The minimum absolute atomic E-state index is 0.0153. The zero-order valence-corrected chi connectivity index (χ0v) is 9.06. The third kappa shape index (κ3) is 2.12. The predicted octanol–water partition coefficient (Wildman–Crippen LogP) is 2.34. The van der Waals surface area contributed by atoms with Crippen LogP contribution in [0, 0.1) is 6.92 Å². The maximum absolute atomic E-state index is 11.4. The number of cyclic esters (lactones) is 1. The van der Waals surface area contributed by atoms with Crippen LogP contribution >= 0.6 is 0 Å². The highest BCUT2D eigenvalue weighted by Crippen LogP contribution is 2.16. The molecule has 0 N–H and O–H groups in total. The fraction of sp³-hybridized carbons (Fsp3) is 0.417. The molecule has 1 aliphatic heterocycles. The van der Waals surface area contributed by atoms with Gasteiger partial charge < -0.3 is 9.64 Å². The van der Waals surface area contributed by atoms with E-state index in [0.29, 0.717) is 13.1 Å². The molecular weight excluding hydrogens is 190 g/mol. The molecular formula is C12H15NO2. The molecule has 0 aliphatic carbocycles. The third-order valence-electron chi connectivity index (χ3n) is 2.66. The number of hydrogen-bond donors (Lipinski definition) is 0. The van der Waals surface area contributed by atoms with Gasteiger partial charge in [-0.1, -0.05) is 24.3 Å². The molecule has 1 heterocycles. The average molecular weight is 205 g/mol. The number of amides is 1. The molecule has 1 aromatic rings. The first kappa shape index (κ1) is 10.0. The van der Waals surface area contributed by atoms with Crippen LogP contribution in [0.5, 0.6) is 0 Å². The van der Waals surface area contributed by atoms with Gasteiger partial charge in [0.2, 0.25) is 0 Å². The van der Waals surface area contributed by atoms with Crippen molar-refractivity contribution in [3.8, 4) is 0 Å². The standard InChI is InChI=1S/C12H15NO2/c1-9-5-3-4-6-11(9)8-13-7-10(2)15-12(13)14/h3-6,10H,7-8H2,1-2H3. The molecule has 1 unspecified atom stereocenters. The van der Waals surface area contributed by atoms with Gasteiger partial charge in [0.15, 0.2) is 0 Å². The smallest absolute Gasteiger partial charge is 0.410 e. The lowest BCUT2D eigenvalue weighted by Crippen LogP contribution is -2.24. The number of benzene rings is 1. The average Bonchev–Trinajstić information content (AvgIpc) is 2.49. The highest BCUT2D eigenvalue weighted by molar-refractivity contribution is 5.69. The Kier molecular flexibility index (Phi) is 2.62. The molecule has 1 fully saturated rings. The fourth-order valence-electron chi connectivity index (χ4n) is 1.79. The van der Waals surface area contributed by atoms with E-state index in [9.17, 15) is 4.79 Å². The van der Waals surface area contributed by atoms with E-state index in [0.717, 1.165) is 0 Å². The summed E-state index contributed by atoms with van der Waals surface area (Å²) >= 11 is 0. The Morgan fingerprint density at radius 1 is 1.47 bits per heavy atom. The molecule has 0 aromatic heterocycles. The SMILES string of the molecule is Cc1ccccc1CN1CC(C)OC1=O. The van der Waals surface area contributed by atoms with Crippen LogP contribution in [-0.2, 0) is 11.3 Å². The Morgan fingerprint density at radius 3 is 2.80 bits per heavy atom. The van der Waals surface area contributed by atoms with Gasteiger partial charge in [-0.05, 0) is 25.0 Å². The van der Waals surface area contributed by atoms with Crippen LogP contribution < -0.4 is 0 Å². The molecule has 0 radical (unpaired) electrons. The van der Waals surface area contributed by atoms with Gasteiger partial charge >= 0.3 is 6.09 Å². The van der Waals surface area contributed by atoms with Crippen molar-refractivity contribution < 1.29 is 9.53 Å². The van der Waals surface area contributed by atoms with E-state index >= 15 is 0 Å². The number of hydrogen-bond acceptors (Lipinski definition) is 2. The number of carbonyl (C=O) groups is 1. The molecule has 15 heavy (non-hydrogen) atoms. The Hall–Kier alpha value is -1.51. The van der Waals surface area contributed by atoms with E-state index in [-0.39, 0.29) is 12.2 Å². The summed E-state index contributed by atoms with van der Waals surface area (Å²) in [6.07, 6.45) is -0.188. The zero-order chi connectivity index (χ0) is 10.8. The van der Waals surface area contributed by atoms with Gasteiger partial charge in [0.05, 0.1) is 6.54 Å². The molecule has 1 amide bonds. The second-order valence-electron chi connectivity index (χ2n) is 4.00. The molecule has 2 rings (SSSR count). The summed E-state index contributed by atoms with van der Waals surface area (Å²) in [4.78, 5) is 13.1. The highest BCUT2D eigenvalue weighted by Gasteiger charge is 2.27. The number of ether oxygens (including phenoxy) is 1. The van der Waals surface area contributed by atoms with E-state index in [2.05, 4.69) is 13.0 Å². The first-order chi connectivity index (χ1) is 7.16. The predicted molar refractivity (Wildman–Crippen MR) is 57.5 cm³/mol. The summed E-state index contributed by atoms with van der Waals surface area (Å²) in [6.45, 7) is 5.30. The minimum atomic E-state index is -0.203. The third-order valence-corrected chi connectivity index (χ3v) is 2.66. The molecule has 80 valence electrons. The van der Waals surface area contributed by atoms with Crippen molar-refractivity contribution in [2.45, 2.75) is 26.5 Å². The molecule has 3 nitrogen and oxygen atoms in total. The van der Waals surface area contributed by atoms with Gasteiger partial charge in [0.25, 0.3) is 0 Å². The van der Waals surface area contributed by atoms with E-state index in [1.165, 1.54) is 11.1 Å². The van der Waals surface area contributed by atoms with Gasteiger partial charge in [-0.25, -0.2) is 4.79 Å². The maximum atomic E-state index is 11.4. The molecule has 1 atom stereocenters. The van der Waals surface area contributed by atoms with Crippen molar-refractivity contribution in [3.05, 3.63) is 35.4 Å². The number of rotatable bonds is 2. The molecule has 1 aliphatic rings. The van der Waals surface area contributed by atoms with Crippen molar-refractivity contribution in [2.75, 3.05) is 6.54 Å². The van der Waals surface area contributed by atoms with E-state index in [4.69, 9.17) is 4.74 Å². The van der Waals surface area contributed by atoms with E-state index in [1.807, 2.05) is 25.1 Å². The van der Waals surface area contributed by atoms with Crippen molar-refractivity contribution in [2.24, 2.45) is 0 Å². The van der Waals surface area contributed by atoms with Crippen molar-refractivity contribution in [1.29, 1.82) is 0 Å². The van der Waals surface area contributed by atoms with Gasteiger partial charge in [0.1, 0.15) is 6.10 Å². The first-order valence-electron chi connectivity index (χ1n) is 5.17. The van der Waals surface area contributed by atoms with Crippen molar-refractivity contribution in [1.82, 2.24) is 4.90 Å². The topological polar surface area (TPSA) is 29.5 Å². The lowest BCUT2D eigenvalue weighted by atomic mass is 10.1. The summed E-state index contributed by atoms with van der Waals surface area (Å²) < 4.78 is 5.07. The molecule has 0 bridgehead atoms. The van der Waals surface area contributed by atoms with Crippen LogP contribution in [0.25, 0.3) is 0 Å². The Bertz CT molecular complexity index is 376. The molecule has 0 spiro atoms. The number of nitrogens with zero attached hydrogens (tertiary/aromatic N) is 1. The van der Waals surface area contributed by atoms with E-state index in [1.54, 1.807) is 4.90 Å².